The minimum Gasteiger partial charge on any atom is -0.347 e. The third kappa shape index (κ3) is 7.21. The fraction of sp³-hybridized carbons (Fsp3) is 0.652. The quantitative estimate of drug-likeness (QED) is 0.550. The summed E-state index contributed by atoms with van der Waals surface area (Å²) in [5, 5.41) is 4.24. The number of amides is 1. The van der Waals surface area contributed by atoms with Crippen LogP contribution in [0.2, 0.25) is 0 Å². The topological polar surface area (TPSA) is 44.7 Å². The molecule has 1 atom stereocenters. The maximum Gasteiger partial charge on any atom is 0.226 e. The highest BCUT2D eigenvalue weighted by Crippen LogP contribution is 2.29. The van der Waals surface area contributed by atoms with E-state index in [1.165, 1.54) is 50.5 Å². The van der Waals surface area contributed by atoms with Crippen molar-refractivity contribution in [2.45, 2.75) is 83.7 Å². The van der Waals surface area contributed by atoms with Gasteiger partial charge < -0.3 is 10.2 Å². The molecular weight excluding hydrogens is 402 g/mol. The molecule has 1 N–H and O–H groups in total. The van der Waals surface area contributed by atoms with Gasteiger partial charge in [-0.2, -0.15) is 0 Å². The van der Waals surface area contributed by atoms with Gasteiger partial charge in [0.05, 0.1) is 6.04 Å². The maximum atomic E-state index is 12.6. The van der Waals surface area contributed by atoms with E-state index in [4.69, 9.17) is 4.99 Å². The number of unbranched alkanes of at least 4 members (excludes halogenated alkanes) is 1. The van der Waals surface area contributed by atoms with E-state index in [1.807, 2.05) is 23.9 Å². The summed E-state index contributed by atoms with van der Waals surface area (Å²) < 4.78 is 0. The standard InChI is InChI=1S/C23H35N3OS.ClH/c1-3-5-9-18-12-14-20(15-13-18)24-22(27)16-21-17-28-23(26(21)4-2)25-19-10-7-6-8-11-19;/h12-15,19,21H,3-11,16-17H2,1-2H3,(H,24,27);1H/b25-23-;. The van der Waals surface area contributed by atoms with Gasteiger partial charge in [0.25, 0.3) is 0 Å². The van der Waals surface area contributed by atoms with E-state index in [9.17, 15) is 4.79 Å². The van der Waals surface area contributed by atoms with Crippen molar-refractivity contribution in [3.8, 4) is 0 Å². The molecular formula is C23H36ClN3OS. The van der Waals surface area contributed by atoms with Crippen molar-refractivity contribution in [2.24, 2.45) is 4.99 Å². The number of carbonyl (C=O) groups is 1. The van der Waals surface area contributed by atoms with Crippen molar-refractivity contribution >= 4 is 40.9 Å². The second-order valence-corrected chi connectivity index (χ2v) is 8.99. The molecule has 162 valence electrons. The predicted octanol–water partition coefficient (Wildman–Crippen LogP) is 5.91. The Hall–Kier alpha value is -1.20. The largest absolute Gasteiger partial charge is 0.347 e. The van der Waals surface area contributed by atoms with Gasteiger partial charge in [0.15, 0.2) is 5.17 Å². The highest BCUT2D eigenvalue weighted by molar-refractivity contribution is 8.14. The van der Waals surface area contributed by atoms with Gasteiger partial charge in [-0.15, -0.1) is 12.4 Å². The zero-order valence-corrected chi connectivity index (χ0v) is 19.5. The van der Waals surface area contributed by atoms with Crippen LogP contribution >= 0.6 is 24.2 Å². The Morgan fingerprint density at radius 1 is 1.17 bits per heavy atom. The highest BCUT2D eigenvalue weighted by Gasteiger charge is 2.31. The van der Waals surface area contributed by atoms with Crippen LogP contribution in [0, 0.1) is 0 Å². The van der Waals surface area contributed by atoms with Gasteiger partial charge in [-0.1, -0.05) is 56.5 Å². The Kier molecular flexibility index (Phi) is 10.4. The third-order valence-corrected chi connectivity index (χ3v) is 6.93. The van der Waals surface area contributed by atoms with Gasteiger partial charge in [-0.25, -0.2) is 0 Å². The Morgan fingerprint density at radius 2 is 1.90 bits per heavy atom. The molecule has 1 unspecified atom stereocenters. The minimum atomic E-state index is 0. The van der Waals surface area contributed by atoms with Crippen LogP contribution in [0.5, 0.6) is 0 Å². The number of hydrogen-bond acceptors (Lipinski definition) is 3. The molecule has 1 amide bonds. The number of halogens is 1. The highest BCUT2D eigenvalue weighted by atomic mass is 35.5. The molecule has 1 aromatic carbocycles. The number of carbonyl (C=O) groups excluding carboxylic acids is 1. The molecule has 0 aromatic heterocycles. The van der Waals surface area contributed by atoms with E-state index in [-0.39, 0.29) is 24.4 Å². The first-order chi connectivity index (χ1) is 13.7. The van der Waals surface area contributed by atoms with Crippen molar-refractivity contribution in [1.82, 2.24) is 4.90 Å². The number of aliphatic imine (C=N–C) groups is 1. The number of thioether (sulfide) groups is 1. The summed E-state index contributed by atoms with van der Waals surface area (Å²) in [6.45, 7) is 5.30. The summed E-state index contributed by atoms with van der Waals surface area (Å²) in [6, 6.07) is 9.05. The zero-order chi connectivity index (χ0) is 19.8. The van der Waals surface area contributed by atoms with Crippen molar-refractivity contribution in [2.75, 3.05) is 17.6 Å². The first kappa shape index (κ1) is 24.1. The second-order valence-electron chi connectivity index (χ2n) is 8.01. The molecule has 4 nitrogen and oxygen atoms in total. The summed E-state index contributed by atoms with van der Waals surface area (Å²) >= 11 is 1.83. The van der Waals surface area contributed by atoms with E-state index in [0.717, 1.165) is 29.6 Å². The van der Waals surface area contributed by atoms with E-state index >= 15 is 0 Å². The van der Waals surface area contributed by atoms with Crippen molar-refractivity contribution in [3.63, 3.8) is 0 Å². The number of amidine groups is 1. The van der Waals surface area contributed by atoms with Gasteiger partial charge in [0.2, 0.25) is 5.91 Å². The first-order valence-corrected chi connectivity index (χ1v) is 12.0. The summed E-state index contributed by atoms with van der Waals surface area (Å²) in [5.74, 6) is 1.06. The minimum absolute atomic E-state index is 0. The maximum absolute atomic E-state index is 12.6. The normalized spacial score (nSPS) is 21.2. The molecule has 0 bridgehead atoms. The molecule has 3 rings (SSSR count). The summed E-state index contributed by atoms with van der Waals surface area (Å²) in [5.41, 5.74) is 2.24. The molecule has 1 aromatic rings. The second kappa shape index (κ2) is 12.5. The molecule has 1 aliphatic heterocycles. The number of nitrogens with one attached hydrogen (secondary N) is 1. The van der Waals surface area contributed by atoms with E-state index in [2.05, 4.69) is 36.2 Å². The Bertz CT molecular complexity index is 659. The van der Waals surface area contributed by atoms with E-state index in [0.29, 0.717) is 12.5 Å². The predicted molar refractivity (Wildman–Crippen MR) is 128 cm³/mol. The lowest BCUT2D eigenvalue weighted by molar-refractivity contribution is -0.116. The zero-order valence-electron chi connectivity index (χ0n) is 17.9. The van der Waals surface area contributed by atoms with Crippen molar-refractivity contribution in [3.05, 3.63) is 29.8 Å². The molecule has 6 heteroatoms. The third-order valence-electron chi connectivity index (χ3n) is 5.78. The molecule has 2 fully saturated rings. The number of aryl methyl sites for hydroxylation is 1. The lowest BCUT2D eigenvalue weighted by atomic mass is 9.96. The van der Waals surface area contributed by atoms with Crippen LogP contribution in [0.25, 0.3) is 0 Å². The lowest BCUT2D eigenvalue weighted by Gasteiger charge is -2.26. The molecule has 1 saturated carbocycles. The van der Waals surface area contributed by atoms with Crippen molar-refractivity contribution < 1.29 is 4.79 Å². The molecule has 1 aliphatic carbocycles. The number of rotatable bonds is 8. The van der Waals surface area contributed by atoms with Crippen LogP contribution in [0.3, 0.4) is 0 Å². The van der Waals surface area contributed by atoms with Crippen LogP contribution in [-0.2, 0) is 11.2 Å². The van der Waals surface area contributed by atoms with Gasteiger partial charge in [-0.3, -0.25) is 9.79 Å². The van der Waals surface area contributed by atoms with Gasteiger partial charge >= 0.3 is 0 Å². The van der Waals surface area contributed by atoms with Crippen LogP contribution in [0.4, 0.5) is 5.69 Å². The molecule has 1 heterocycles. The van der Waals surface area contributed by atoms with E-state index in [1.54, 1.807) is 0 Å². The summed E-state index contributed by atoms with van der Waals surface area (Å²) in [7, 11) is 0. The summed E-state index contributed by atoms with van der Waals surface area (Å²) in [4.78, 5) is 20.0. The average Bonchev–Trinajstić information content (AvgIpc) is 3.09. The molecule has 29 heavy (non-hydrogen) atoms. The molecule has 0 radical (unpaired) electrons. The first-order valence-electron chi connectivity index (χ1n) is 11.1. The summed E-state index contributed by atoms with van der Waals surface area (Å²) in [6.07, 6.45) is 10.5. The van der Waals surface area contributed by atoms with Crippen LogP contribution < -0.4 is 5.32 Å². The average molecular weight is 438 g/mol. The fourth-order valence-corrected chi connectivity index (χ4v) is 5.41. The smallest absolute Gasteiger partial charge is 0.226 e. The Labute approximate surface area is 186 Å². The molecule has 1 saturated heterocycles. The molecule has 2 aliphatic rings. The lowest BCUT2D eigenvalue weighted by Crippen LogP contribution is -2.37. The van der Waals surface area contributed by atoms with E-state index < -0.39 is 0 Å². The van der Waals surface area contributed by atoms with Crippen LogP contribution in [0.15, 0.2) is 29.3 Å². The Balaban J connectivity index is 0.00000300. The number of anilines is 1. The Morgan fingerprint density at radius 3 is 2.55 bits per heavy atom. The number of benzene rings is 1. The monoisotopic (exact) mass is 437 g/mol. The fourth-order valence-electron chi connectivity index (χ4n) is 4.10. The van der Waals surface area contributed by atoms with Gasteiger partial charge in [0, 0.05) is 30.4 Å². The van der Waals surface area contributed by atoms with Gasteiger partial charge in [-0.05, 0) is 50.3 Å². The van der Waals surface area contributed by atoms with Crippen LogP contribution in [0.1, 0.15) is 70.8 Å². The SMILES string of the molecule is CCCCc1ccc(NC(=O)CC2CS/C(=N\C3CCCCC3)N2CC)cc1.Cl. The number of nitrogens with zero attached hydrogens (tertiary/aromatic N) is 2. The molecule has 0 spiro atoms. The number of hydrogen-bond donors (Lipinski definition) is 1. The van der Waals surface area contributed by atoms with Crippen LogP contribution in [-0.4, -0.2) is 40.4 Å². The van der Waals surface area contributed by atoms with Crippen molar-refractivity contribution in [1.29, 1.82) is 0 Å². The van der Waals surface area contributed by atoms with Gasteiger partial charge in [0.1, 0.15) is 0 Å².